The Labute approximate surface area is 198 Å². The van der Waals surface area contributed by atoms with E-state index in [0.29, 0.717) is 28.9 Å². The SMILES string of the molecule is O=C(O)/C=C(\C(=O)O)C1=C(c2ccccc2)c2cc(Cl)ccc2N(/C(=C/C(=O)O)C(=O)O)CC1. The lowest BCUT2D eigenvalue weighted by Gasteiger charge is -2.25. The maximum atomic E-state index is 12.1. The van der Waals surface area contributed by atoms with Gasteiger partial charge in [-0.05, 0) is 41.3 Å². The second-order valence-electron chi connectivity index (χ2n) is 7.16. The Balaban J connectivity index is 2.43. The first kappa shape index (κ1) is 24.3. The molecule has 1 aliphatic heterocycles. The van der Waals surface area contributed by atoms with Gasteiger partial charge in [0.25, 0.3) is 0 Å². The van der Waals surface area contributed by atoms with Gasteiger partial charge in [0.2, 0.25) is 0 Å². The van der Waals surface area contributed by atoms with Gasteiger partial charge in [-0.15, -0.1) is 0 Å². The van der Waals surface area contributed by atoms with Crippen molar-refractivity contribution in [1.82, 2.24) is 0 Å². The number of carbonyl (C=O) groups is 4. The van der Waals surface area contributed by atoms with Crippen LogP contribution < -0.4 is 4.90 Å². The van der Waals surface area contributed by atoms with Crippen LogP contribution in [-0.4, -0.2) is 50.8 Å². The molecule has 0 fully saturated rings. The molecule has 2 aromatic rings. The zero-order valence-corrected chi connectivity index (χ0v) is 18.2. The molecule has 34 heavy (non-hydrogen) atoms. The van der Waals surface area contributed by atoms with Gasteiger partial charge in [0.15, 0.2) is 0 Å². The van der Waals surface area contributed by atoms with Crippen LogP contribution in [0, 0.1) is 0 Å². The second-order valence-corrected chi connectivity index (χ2v) is 7.59. The van der Waals surface area contributed by atoms with Crippen molar-refractivity contribution in [3.05, 3.63) is 93.7 Å². The molecule has 1 heterocycles. The predicted molar refractivity (Wildman–Crippen MR) is 123 cm³/mol. The van der Waals surface area contributed by atoms with Gasteiger partial charge < -0.3 is 25.3 Å². The first-order chi connectivity index (χ1) is 16.1. The number of benzene rings is 2. The molecule has 174 valence electrons. The summed E-state index contributed by atoms with van der Waals surface area (Å²) in [6, 6.07) is 13.0. The Morgan fingerprint density at radius 2 is 1.50 bits per heavy atom. The minimum absolute atomic E-state index is 0.105. The molecule has 4 N–H and O–H groups in total. The Morgan fingerprint density at radius 3 is 2.06 bits per heavy atom. The summed E-state index contributed by atoms with van der Waals surface area (Å²) in [5, 5.41) is 38.3. The van der Waals surface area contributed by atoms with Gasteiger partial charge >= 0.3 is 23.9 Å². The molecule has 0 aromatic heterocycles. The van der Waals surface area contributed by atoms with Crippen LogP contribution in [0.1, 0.15) is 17.5 Å². The fourth-order valence-corrected chi connectivity index (χ4v) is 3.98. The summed E-state index contributed by atoms with van der Waals surface area (Å²) in [6.07, 6.45) is 1.01. The zero-order valence-electron chi connectivity index (χ0n) is 17.4. The number of hydrogen-bond donors (Lipinski definition) is 4. The van der Waals surface area contributed by atoms with Crippen molar-refractivity contribution in [3.63, 3.8) is 0 Å². The molecule has 0 aliphatic carbocycles. The largest absolute Gasteiger partial charge is 0.478 e. The van der Waals surface area contributed by atoms with E-state index < -0.39 is 35.1 Å². The predicted octanol–water partition coefficient (Wildman–Crippen LogP) is 3.50. The highest BCUT2D eigenvalue weighted by atomic mass is 35.5. The van der Waals surface area contributed by atoms with Crippen molar-refractivity contribution in [2.75, 3.05) is 11.4 Å². The van der Waals surface area contributed by atoms with Crippen molar-refractivity contribution in [3.8, 4) is 0 Å². The number of carboxylic acids is 4. The minimum Gasteiger partial charge on any atom is -0.478 e. The van der Waals surface area contributed by atoms with Crippen molar-refractivity contribution >= 4 is 46.7 Å². The lowest BCUT2D eigenvalue weighted by molar-refractivity contribution is -0.135. The lowest BCUT2D eigenvalue weighted by atomic mass is 9.88. The minimum atomic E-state index is -1.51. The average molecular weight is 484 g/mol. The molecule has 3 rings (SSSR count). The van der Waals surface area contributed by atoms with Crippen LogP contribution in [0.25, 0.3) is 5.57 Å². The number of anilines is 1. The van der Waals surface area contributed by atoms with Crippen molar-refractivity contribution in [1.29, 1.82) is 0 Å². The molecule has 0 spiro atoms. The summed E-state index contributed by atoms with van der Waals surface area (Å²) >= 11 is 6.24. The molecule has 0 saturated heterocycles. The van der Waals surface area contributed by atoms with E-state index in [0.717, 1.165) is 0 Å². The van der Waals surface area contributed by atoms with Crippen molar-refractivity contribution in [2.45, 2.75) is 6.42 Å². The first-order valence-electron chi connectivity index (χ1n) is 9.82. The number of aliphatic carboxylic acids is 4. The molecule has 0 radical (unpaired) electrons. The Hall–Kier alpha value is -4.37. The summed E-state index contributed by atoms with van der Waals surface area (Å²) in [5.74, 6) is -5.94. The maximum absolute atomic E-state index is 12.1. The number of hydrogen-bond acceptors (Lipinski definition) is 5. The number of carboxylic acid groups (broad SMARTS) is 4. The molecule has 0 unspecified atom stereocenters. The van der Waals surface area contributed by atoms with E-state index in [-0.39, 0.29) is 29.2 Å². The van der Waals surface area contributed by atoms with Crippen molar-refractivity contribution < 1.29 is 39.6 Å². The fraction of sp³-hybridized carbons (Fsp3) is 0.0833. The van der Waals surface area contributed by atoms with E-state index in [1.54, 1.807) is 30.3 Å². The molecule has 0 atom stereocenters. The summed E-state index contributed by atoms with van der Waals surface area (Å²) in [5.41, 5.74) is 0.568. The Kier molecular flexibility index (Phi) is 7.18. The number of nitrogens with zero attached hydrogens (tertiary/aromatic N) is 1. The Bertz CT molecular complexity index is 1280. The van der Waals surface area contributed by atoms with Gasteiger partial charge in [0.1, 0.15) is 5.70 Å². The van der Waals surface area contributed by atoms with Gasteiger partial charge in [-0.1, -0.05) is 41.9 Å². The highest BCUT2D eigenvalue weighted by Gasteiger charge is 2.31. The molecule has 0 saturated carbocycles. The third-order valence-corrected chi connectivity index (χ3v) is 5.30. The zero-order chi connectivity index (χ0) is 25.0. The van der Waals surface area contributed by atoms with Gasteiger partial charge in [0, 0.05) is 28.9 Å². The molecule has 0 amide bonds. The number of fused-ring (bicyclic) bond motifs is 1. The van der Waals surface area contributed by atoms with Crippen LogP contribution in [0.5, 0.6) is 0 Å². The lowest BCUT2D eigenvalue weighted by Crippen LogP contribution is -2.29. The van der Waals surface area contributed by atoms with Crippen LogP contribution in [0.3, 0.4) is 0 Å². The van der Waals surface area contributed by atoms with Gasteiger partial charge in [-0.25, -0.2) is 19.2 Å². The van der Waals surface area contributed by atoms with E-state index in [1.165, 1.54) is 23.1 Å². The van der Waals surface area contributed by atoms with E-state index in [4.69, 9.17) is 11.6 Å². The summed E-state index contributed by atoms with van der Waals surface area (Å²) in [4.78, 5) is 48.0. The monoisotopic (exact) mass is 483 g/mol. The third kappa shape index (κ3) is 5.16. The van der Waals surface area contributed by atoms with E-state index in [1.807, 2.05) is 0 Å². The molecule has 10 heteroatoms. The highest BCUT2D eigenvalue weighted by Crippen LogP contribution is 2.42. The van der Waals surface area contributed by atoms with Crippen LogP contribution >= 0.6 is 11.6 Å². The van der Waals surface area contributed by atoms with Crippen molar-refractivity contribution in [2.24, 2.45) is 0 Å². The van der Waals surface area contributed by atoms with Gasteiger partial charge in [0.05, 0.1) is 11.6 Å². The fourth-order valence-electron chi connectivity index (χ4n) is 3.80. The van der Waals surface area contributed by atoms with Crippen LogP contribution in [0.4, 0.5) is 5.69 Å². The standard InChI is InChI=1S/C24H18ClNO8/c25-14-6-7-18-17(10-14)22(13-4-2-1-3-5-13)15(16(23(31)32)11-20(27)28)8-9-26(18)19(24(33)34)12-21(29)30/h1-7,10-12H,8-9H2,(H,27,28)(H,29,30)(H,31,32)(H,33,34)/b16-11-,19-12+. The first-order valence-corrected chi connectivity index (χ1v) is 10.2. The van der Waals surface area contributed by atoms with E-state index >= 15 is 0 Å². The van der Waals surface area contributed by atoms with Gasteiger partial charge in [-0.2, -0.15) is 0 Å². The van der Waals surface area contributed by atoms with Crippen LogP contribution in [0.15, 0.2) is 77.5 Å². The maximum Gasteiger partial charge on any atom is 0.352 e. The van der Waals surface area contributed by atoms with Gasteiger partial charge in [-0.3, -0.25) is 0 Å². The molecular weight excluding hydrogens is 466 g/mol. The third-order valence-electron chi connectivity index (χ3n) is 5.06. The smallest absolute Gasteiger partial charge is 0.352 e. The summed E-state index contributed by atoms with van der Waals surface area (Å²) < 4.78 is 0. The summed E-state index contributed by atoms with van der Waals surface area (Å²) in [6.45, 7) is -0.143. The number of halogens is 1. The number of rotatable bonds is 7. The average Bonchev–Trinajstić information content (AvgIpc) is 2.92. The molecule has 9 nitrogen and oxygen atoms in total. The van der Waals surface area contributed by atoms with E-state index in [2.05, 4.69) is 0 Å². The normalized spacial score (nSPS) is 14.3. The topological polar surface area (TPSA) is 152 Å². The molecule has 2 aromatic carbocycles. The van der Waals surface area contributed by atoms with E-state index in [9.17, 15) is 39.6 Å². The molecule has 1 aliphatic rings. The quantitative estimate of drug-likeness (QED) is 0.433. The Morgan fingerprint density at radius 1 is 0.853 bits per heavy atom. The summed E-state index contributed by atoms with van der Waals surface area (Å²) in [7, 11) is 0. The second kappa shape index (κ2) is 10.1. The van der Waals surface area contributed by atoms with Crippen LogP contribution in [0.2, 0.25) is 5.02 Å². The molecular formula is C24H18ClNO8. The van der Waals surface area contributed by atoms with Crippen LogP contribution in [-0.2, 0) is 19.2 Å². The molecule has 0 bridgehead atoms. The highest BCUT2D eigenvalue weighted by molar-refractivity contribution is 6.31.